The van der Waals surface area contributed by atoms with Crippen molar-refractivity contribution in [3.63, 3.8) is 0 Å². The molecule has 1 aliphatic heterocycles. The van der Waals surface area contributed by atoms with Gasteiger partial charge in [0.2, 0.25) is 0 Å². The van der Waals surface area contributed by atoms with Crippen LogP contribution in [-0.4, -0.2) is 55.6 Å². The molecule has 0 saturated carbocycles. The lowest BCUT2D eigenvalue weighted by atomic mass is 10.1. The van der Waals surface area contributed by atoms with E-state index in [-0.39, 0.29) is 0 Å². The molecule has 1 aliphatic rings. The van der Waals surface area contributed by atoms with E-state index in [1.54, 1.807) is 0 Å². The molecule has 0 aromatic carbocycles. The summed E-state index contributed by atoms with van der Waals surface area (Å²) in [7, 11) is 4.44. The lowest BCUT2D eigenvalue weighted by molar-refractivity contribution is 0.204. The van der Waals surface area contributed by atoms with Crippen molar-refractivity contribution in [1.29, 1.82) is 0 Å². The standard InChI is InChI=1S/C12H27N3/c1-10(13)7-11(2)15(4)9-12-5-6-14(3)8-12/h10-12H,5-9,13H2,1-4H3. The number of likely N-dealkylation sites (tertiary alicyclic amines) is 1. The minimum Gasteiger partial charge on any atom is -0.328 e. The van der Waals surface area contributed by atoms with E-state index in [4.69, 9.17) is 5.73 Å². The highest BCUT2D eigenvalue weighted by Crippen LogP contribution is 2.16. The molecule has 1 fully saturated rings. The molecule has 1 heterocycles. The van der Waals surface area contributed by atoms with Crippen LogP contribution in [0.15, 0.2) is 0 Å². The van der Waals surface area contributed by atoms with Gasteiger partial charge in [-0.25, -0.2) is 0 Å². The second-order valence-corrected chi connectivity index (χ2v) is 5.42. The van der Waals surface area contributed by atoms with E-state index < -0.39 is 0 Å². The maximum atomic E-state index is 5.83. The fraction of sp³-hybridized carbons (Fsp3) is 1.00. The highest BCUT2D eigenvalue weighted by Gasteiger charge is 2.22. The van der Waals surface area contributed by atoms with Crippen LogP contribution in [0.2, 0.25) is 0 Å². The van der Waals surface area contributed by atoms with Gasteiger partial charge in [-0.2, -0.15) is 0 Å². The van der Waals surface area contributed by atoms with Gasteiger partial charge in [-0.1, -0.05) is 0 Å². The van der Waals surface area contributed by atoms with E-state index in [0.717, 1.165) is 12.3 Å². The van der Waals surface area contributed by atoms with E-state index in [9.17, 15) is 0 Å². The Morgan fingerprint density at radius 1 is 1.47 bits per heavy atom. The van der Waals surface area contributed by atoms with Crippen LogP contribution >= 0.6 is 0 Å². The Bertz CT molecular complexity index is 182. The molecule has 3 unspecified atom stereocenters. The van der Waals surface area contributed by atoms with Crippen molar-refractivity contribution in [2.75, 3.05) is 33.7 Å². The summed E-state index contributed by atoms with van der Waals surface area (Å²) in [6, 6.07) is 0.921. The second kappa shape index (κ2) is 5.83. The van der Waals surface area contributed by atoms with Crippen molar-refractivity contribution in [2.24, 2.45) is 11.7 Å². The molecule has 1 rings (SSSR count). The molecule has 3 nitrogen and oxygen atoms in total. The molecule has 0 aliphatic carbocycles. The second-order valence-electron chi connectivity index (χ2n) is 5.42. The van der Waals surface area contributed by atoms with E-state index in [0.29, 0.717) is 12.1 Å². The Kier molecular flexibility index (Phi) is 5.03. The zero-order valence-corrected chi connectivity index (χ0v) is 10.7. The summed E-state index contributed by atoms with van der Waals surface area (Å²) < 4.78 is 0. The summed E-state index contributed by atoms with van der Waals surface area (Å²) in [6.07, 6.45) is 2.45. The van der Waals surface area contributed by atoms with Crippen molar-refractivity contribution in [3.8, 4) is 0 Å². The quantitative estimate of drug-likeness (QED) is 0.739. The maximum Gasteiger partial charge on any atom is 0.00786 e. The highest BCUT2D eigenvalue weighted by molar-refractivity contribution is 4.77. The molecule has 15 heavy (non-hydrogen) atoms. The molecular weight excluding hydrogens is 186 g/mol. The third-order valence-corrected chi connectivity index (χ3v) is 3.50. The predicted molar refractivity (Wildman–Crippen MR) is 66.0 cm³/mol. The fourth-order valence-electron chi connectivity index (χ4n) is 2.48. The lowest BCUT2D eigenvalue weighted by Gasteiger charge is -2.28. The molecule has 0 radical (unpaired) electrons. The SMILES string of the molecule is CC(N)CC(C)N(C)CC1CCN(C)C1. The van der Waals surface area contributed by atoms with Crippen LogP contribution in [0.3, 0.4) is 0 Å². The molecule has 0 spiro atoms. The molecule has 1 saturated heterocycles. The van der Waals surface area contributed by atoms with Crippen molar-refractivity contribution >= 4 is 0 Å². The van der Waals surface area contributed by atoms with Crippen molar-refractivity contribution in [3.05, 3.63) is 0 Å². The largest absolute Gasteiger partial charge is 0.328 e. The minimum absolute atomic E-state index is 0.314. The van der Waals surface area contributed by atoms with Crippen LogP contribution in [-0.2, 0) is 0 Å². The van der Waals surface area contributed by atoms with E-state index in [2.05, 4.69) is 37.7 Å². The maximum absolute atomic E-state index is 5.83. The van der Waals surface area contributed by atoms with Crippen LogP contribution in [0, 0.1) is 5.92 Å². The monoisotopic (exact) mass is 213 g/mol. The topological polar surface area (TPSA) is 32.5 Å². The smallest absolute Gasteiger partial charge is 0.00786 e. The molecule has 3 heteroatoms. The van der Waals surface area contributed by atoms with Crippen LogP contribution < -0.4 is 5.73 Å². The fourth-order valence-corrected chi connectivity index (χ4v) is 2.48. The van der Waals surface area contributed by atoms with E-state index in [1.165, 1.54) is 26.1 Å². The minimum atomic E-state index is 0.314. The van der Waals surface area contributed by atoms with Crippen molar-refractivity contribution < 1.29 is 0 Å². The first-order valence-electron chi connectivity index (χ1n) is 6.13. The molecule has 0 aromatic heterocycles. The average molecular weight is 213 g/mol. The molecule has 0 amide bonds. The highest BCUT2D eigenvalue weighted by atomic mass is 15.2. The molecule has 0 bridgehead atoms. The first-order chi connectivity index (χ1) is 6.99. The Hall–Kier alpha value is -0.120. The number of rotatable bonds is 5. The summed E-state index contributed by atoms with van der Waals surface area (Å²) >= 11 is 0. The van der Waals surface area contributed by atoms with Gasteiger partial charge in [-0.05, 0) is 53.2 Å². The first-order valence-corrected chi connectivity index (χ1v) is 6.13. The molecule has 0 aromatic rings. The van der Waals surface area contributed by atoms with Crippen molar-refractivity contribution in [1.82, 2.24) is 9.80 Å². The Labute approximate surface area is 94.6 Å². The van der Waals surface area contributed by atoms with Crippen LogP contribution in [0.5, 0.6) is 0 Å². The summed E-state index contributed by atoms with van der Waals surface area (Å²) in [5, 5.41) is 0. The lowest BCUT2D eigenvalue weighted by Crippen LogP contribution is -2.37. The Morgan fingerprint density at radius 3 is 2.60 bits per heavy atom. The van der Waals surface area contributed by atoms with Gasteiger partial charge in [-0.3, -0.25) is 0 Å². The van der Waals surface area contributed by atoms with Gasteiger partial charge >= 0.3 is 0 Å². The van der Waals surface area contributed by atoms with Crippen molar-refractivity contribution in [2.45, 2.75) is 38.8 Å². The average Bonchev–Trinajstić information content (AvgIpc) is 2.50. The molecule has 2 N–H and O–H groups in total. The van der Waals surface area contributed by atoms with Crippen LogP contribution in [0.1, 0.15) is 26.7 Å². The van der Waals surface area contributed by atoms with Gasteiger partial charge in [0.15, 0.2) is 0 Å². The van der Waals surface area contributed by atoms with Crippen LogP contribution in [0.25, 0.3) is 0 Å². The summed E-state index contributed by atoms with van der Waals surface area (Å²) in [5.41, 5.74) is 5.83. The summed E-state index contributed by atoms with van der Waals surface area (Å²) in [6.45, 7) is 8.11. The normalized spacial score (nSPS) is 27.2. The van der Waals surface area contributed by atoms with E-state index >= 15 is 0 Å². The van der Waals surface area contributed by atoms with Crippen LogP contribution in [0.4, 0.5) is 0 Å². The van der Waals surface area contributed by atoms with Gasteiger partial charge in [-0.15, -0.1) is 0 Å². The van der Waals surface area contributed by atoms with Gasteiger partial charge in [0.1, 0.15) is 0 Å². The van der Waals surface area contributed by atoms with Gasteiger partial charge in [0.05, 0.1) is 0 Å². The van der Waals surface area contributed by atoms with E-state index in [1.807, 2.05) is 0 Å². The number of hydrogen-bond acceptors (Lipinski definition) is 3. The van der Waals surface area contributed by atoms with Gasteiger partial charge in [0, 0.05) is 25.2 Å². The summed E-state index contributed by atoms with van der Waals surface area (Å²) in [4.78, 5) is 4.89. The molecule has 3 atom stereocenters. The van der Waals surface area contributed by atoms with Gasteiger partial charge in [0.25, 0.3) is 0 Å². The number of hydrogen-bond donors (Lipinski definition) is 1. The number of nitrogens with two attached hydrogens (primary N) is 1. The zero-order valence-electron chi connectivity index (χ0n) is 10.7. The first kappa shape index (κ1) is 12.9. The predicted octanol–water partition coefficient (Wildman–Crippen LogP) is 0.996. The Balaban J connectivity index is 2.25. The third kappa shape index (κ3) is 4.49. The third-order valence-electron chi connectivity index (χ3n) is 3.50. The van der Waals surface area contributed by atoms with Gasteiger partial charge < -0.3 is 15.5 Å². The molecule has 90 valence electrons. The Morgan fingerprint density at radius 2 is 2.13 bits per heavy atom. The summed E-state index contributed by atoms with van der Waals surface area (Å²) in [5.74, 6) is 0.857. The number of nitrogens with zero attached hydrogens (tertiary/aromatic N) is 2. The molecular formula is C12H27N3. The zero-order chi connectivity index (χ0) is 11.4.